The molecule has 1 aliphatic rings. The summed E-state index contributed by atoms with van der Waals surface area (Å²) >= 11 is 4.41. The molecule has 0 radical (unpaired) electrons. The number of aromatic nitrogens is 1. The van der Waals surface area contributed by atoms with Gasteiger partial charge in [0, 0.05) is 21.5 Å². The molecule has 1 saturated heterocycles. The third kappa shape index (κ3) is 3.87. The summed E-state index contributed by atoms with van der Waals surface area (Å²) in [5, 5.41) is -0.283. The van der Waals surface area contributed by atoms with E-state index in [0.717, 1.165) is 44.4 Å². The van der Waals surface area contributed by atoms with Crippen LogP contribution in [-0.2, 0) is 11.3 Å². The molecule has 1 aromatic heterocycles. The lowest BCUT2D eigenvalue weighted by molar-refractivity contribution is -0.123. The number of carbonyl (C=O) groups is 2. The molecule has 30 heavy (non-hydrogen) atoms. The van der Waals surface area contributed by atoms with Crippen LogP contribution in [0.1, 0.15) is 22.5 Å². The normalized spacial score (nSPS) is 15.5. The van der Waals surface area contributed by atoms with Crippen LogP contribution in [0.5, 0.6) is 0 Å². The molecule has 2 heterocycles. The van der Waals surface area contributed by atoms with Gasteiger partial charge in [-0.3, -0.25) is 14.5 Å². The zero-order valence-electron chi connectivity index (χ0n) is 16.4. The zero-order chi connectivity index (χ0) is 21.4. The first-order valence-electron chi connectivity index (χ1n) is 9.29. The summed E-state index contributed by atoms with van der Waals surface area (Å²) in [5.41, 5.74) is 4.43. The van der Waals surface area contributed by atoms with E-state index in [2.05, 4.69) is 15.9 Å². The van der Waals surface area contributed by atoms with Gasteiger partial charge >= 0.3 is 0 Å². The predicted molar refractivity (Wildman–Crippen MR) is 121 cm³/mol. The minimum atomic E-state index is -0.299. The number of amides is 2. The molecule has 152 valence electrons. The van der Waals surface area contributed by atoms with Gasteiger partial charge in [-0.15, -0.1) is 0 Å². The Labute approximate surface area is 186 Å². The van der Waals surface area contributed by atoms with Crippen molar-refractivity contribution in [3.63, 3.8) is 0 Å². The Bertz CT molecular complexity index is 1180. The maximum atomic E-state index is 13.3. The number of rotatable bonds is 4. The van der Waals surface area contributed by atoms with Crippen LogP contribution >= 0.6 is 27.7 Å². The van der Waals surface area contributed by atoms with Crippen molar-refractivity contribution in [2.24, 2.45) is 0 Å². The van der Waals surface area contributed by atoms with Gasteiger partial charge in [-0.2, -0.15) is 0 Å². The predicted octanol–water partition coefficient (Wildman–Crippen LogP) is 6.23. The van der Waals surface area contributed by atoms with Crippen LogP contribution in [0.2, 0.25) is 0 Å². The third-order valence-corrected chi connectivity index (χ3v) is 6.68. The molecule has 7 heteroatoms. The second kappa shape index (κ2) is 8.24. The van der Waals surface area contributed by atoms with Crippen molar-refractivity contribution in [1.29, 1.82) is 0 Å². The minimum Gasteiger partial charge on any atom is -0.318 e. The number of thioether (sulfide) groups is 1. The Morgan fingerprint density at radius 2 is 1.77 bits per heavy atom. The quantitative estimate of drug-likeness (QED) is 0.412. The van der Waals surface area contributed by atoms with E-state index >= 15 is 0 Å². The molecule has 0 N–H and O–H groups in total. The van der Waals surface area contributed by atoms with E-state index in [1.807, 2.05) is 48.7 Å². The average Bonchev–Trinajstić information content (AvgIpc) is 3.14. The topological polar surface area (TPSA) is 42.3 Å². The number of imide groups is 1. The fraction of sp³-hybridized carbons (Fsp3) is 0.130. The molecular weight excluding hydrogens is 467 g/mol. The lowest BCUT2D eigenvalue weighted by Crippen LogP contribution is -2.27. The van der Waals surface area contributed by atoms with Crippen molar-refractivity contribution >= 4 is 44.9 Å². The van der Waals surface area contributed by atoms with Gasteiger partial charge in [-0.05, 0) is 79.2 Å². The van der Waals surface area contributed by atoms with Gasteiger partial charge < -0.3 is 4.57 Å². The van der Waals surface area contributed by atoms with Crippen LogP contribution in [0, 0.1) is 19.7 Å². The summed E-state index contributed by atoms with van der Waals surface area (Å²) in [7, 11) is 0. The number of hydrogen-bond donors (Lipinski definition) is 0. The number of nitrogens with zero attached hydrogens (tertiary/aromatic N) is 2. The van der Waals surface area contributed by atoms with Crippen LogP contribution in [0.25, 0.3) is 11.8 Å². The molecule has 1 fully saturated rings. The van der Waals surface area contributed by atoms with E-state index < -0.39 is 0 Å². The molecule has 0 saturated carbocycles. The van der Waals surface area contributed by atoms with E-state index in [1.165, 1.54) is 17.0 Å². The van der Waals surface area contributed by atoms with Gasteiger partial charge in [0.25, 0.3) is 11.1 Å². The van der Waals surface area contributed by atoms with Crippen molar-refractivity contribution in [3.05, 3.63) is 92.3 Å². The Balaban J connectivity index is 1.63. The number of halogens is 2. The van der Waals surface area contributed by atoms with Crippen LogP contribution in [0.4, 0.5) is 9.18 Å². The highest BCUT2D eigenvalue weighted by atomic mass is 79.9. The Hall–Kier alpha value is -2.64. The fourth-order valence-electron chi connectivity index (χ4n) is 3.50. The van der Waals surface area contributed by atoms with E-state index in [1.54, 1.807) is 18.2 Å². The highest BCUT2D eigenvalue weighted by molar-refractivity contribution is 9.10. The lowest BCUT2D eigenvalue weighted by atomic mass is 10.2. The molecule has 0 spiro atoms. The van der Waals surface area contributed by atoms with E-state index in [4.69, 9.17) is 0 Å². The highest BCUT2D eigenvalue weighted by Crippen LogP contribution is 2.35. The second-order valence-corrected chi connectivity index (χ2v) is 8.85. The maximum absolute atomic E-state index is 13.3. The summed E-state index contributed by atoms with van der Waals surface area (Å²) in [6, 6.07) is 15.7. The molecule has 4 rings (SSSR count). The molecule has 2 amide bonds. The second-order valence-electron chi connectivity index (χ2n) is 7.00. The standard InChI is InChI=1S/C23H18BrFN2O2S/c1-14-11-17(15(2)27(14)19-9-7-18(25)8-10-19)12-21-22(28)26(23(29)30-21)13-16-5-3-4-6-20(16)24/h3-12H,13H2,1-2H3/b21-12-. The molecule has 1 aliphatic heterocycles. The number of benzene rings is 2. The lowest BCUT2D eigenvalue weighted by Gasteiger charge is -2.13. The minimum absolute atomic E-state index is 0.220. The molecule has 0 atom stereocenters. The van der Waals surface area contributed by atoms with Crippen molar-refractivity contribution in [3.8, 4) is 5.69 Å². The summed E-state index contributed by atoms with van der Waals surface area (Å²) in [6.45, 7) is 4.11. The van der Waals surface area contributed by atoms with Gasteiger partial charge in [0.1, 0.15) is 5.82 Å². The summed E-state index contributed by atoms with van der Waals surface area (Å²) in [6.07, 6.45) is 1.76. The SMILES string of the molecule is Cc1cc(/C=C2\SC(=O)N(Cc3ccccc3Br)C2=O)c(C)n1-c1ccc(F)cc1. The van der Waals surface area contributed by atoms with Crippen LogP contribution in [0.15, 0.2) is 64.0 Å². The number of aryl methyl sites for hydroxylation is 1. The van der Waals surface area contributed by atoms with Crippen molar-refractivity contribution in [2.75, 3.05) is 0 Å². The van der Waals surface area contributed by atoms with Crippen molar-refractivity contribution in [1.82, 2.24) is 9.47 Å². The summed E-state index contributed by atoms with van der Waals surface area (Å²) < 4.78 is 16.1. The average molecular weight is 485 g/mol. The van der Waals surface area contributed by atoms with Crippen LogP contribution < -0.4 is 0 Å². The first kappa shape index (κ1) is 20.6. The van der Waals surface area contributed by atoms with E-state index in [-0.39, 0.29) is 23.5 Å². The van der Waals surface area contributed by atoms with Gasteiger partial charge in [0.05, 0.1) is 11.4 Å². The fourth-order valence-corrected chi connectivity index (χ4v) is 4.74. The van der Waals surface area contributed by atoms with Crippen LogP contribution in [0.3, 0.4) is 0 Å². The molecule has 2 aromatic carbocycles. The molecule has 0 aliphatic carbocycles. The molecule has 0 unspecified atom stereocenters. The highest BCUT2D eigenvalue weighted by Gasteiger charge is 2.35. The van der Waals surface area contributed by atoms with Gasteiger partial charge in [0.15, 0.2) is 0 Å². The molecule has 3 aromatic rings. The third-order valence-electron chi connectivity index (χ3n) is 5.00. The zero-order valence-corrected chi connectivity index (χ0v) is 18.8. The van der Waals surface area contributed by atoms with E-state index in [9.17, 15) is 14.0 Å². The van der Waals surface area contributed by atoms with Gasteiger partial charge in [-0.1, -0.05) is 34.1 Å². The van der Waals surface area contributed by atoms with E-state index in [0.29, 0.717) is 4.91 Å². The molecule has 4 nitrogen and oxygen atoms in total. The number of hydrogen-bond acceptors (Lipinski definition) is 3. The Kier molecular flexibility index (Phi) is 5.66. The Morgan fingerprint density at radius 1 is 1.07 bits per heavy atom. The first-order chi connectivity index (χ1) is 14.3. The Morgan fingerprint density at radius 3 is 2.47 bits per heavy atom. The molecular formula is C23H18BrFN2O2S. The first-order valence-corrected chi connectivity index (χ1v) is 10.9. The molecule has 0 bridgehead atoms. The summed E-state index contributed by atoms with van der Waals surface area (Å²) in [4.78, 5) is 27.0. The van der Waals surface area contributed by atoms with Crippen molar-refractivity contribution < 1.29 is 14.0 Å². The smallest absolute Gasteiger partial charge is 0.293 e. The van der Waals surface area contributed by atoms with Gasteiger partial charge in [-0.25, -0.2) is 4.39 Å². The summed E-state index contributed by atoms with van der Waals surface area (Å²) in [5.74, 6) is -0.590. The van der Waals surface area contributed by atoms with Gasteiger partial charge in [0.2, 0.25) is 0 Å². The maximum Gasteiger partial charge on any atom is 0.293 e. The van der Waals surface area contributed by atoms with Crippen LogP contribution in [-0.4, -0.2) is 20.6 Å². The van der Waals surface area contributed by atoms with Crippen molar-refractivity contribution in [2.45, 2.75) is 20.4 Å². The largest absolute Gasteiger partial charge is 0.318 e. The monoisotopic (exact) mass is 484 g/mol. The number of carbonyl (C=O) groups excluding carboxylic acids is 2.